The third-order valence-electron chi connectivity index (χ3n) is 4.04. The molecule has 0 N–H and O–H groups in total. The smallest absolute Gasteiger partial charge is 0.330 e. The van der Waals surface area contributed by atoms with E-state index >= 15 is 0 Å². The lowest BCUT2D eigenvalue weighted by molar-refractivity contribution is -0.134. The van der Waals surface area contributed by atoms with E-state index in [-0.39, 0.29) is 5.97 Å². The minimum atomic E-state index is -0.319. The molecule has 0 atom stereocenters. The van der Waals surface area contributed by atoms with Gasteiger partial charge in [-0.15, -0.1) is 0 Å². The topological polar surface area (TPSA) is 29.5 Å². The van der Waals surface area contributed by atoms with E-state index in [4.69, 9.17) is 0 Å². The quantitative estimate of drug-likeness (QED) is 0.619. The van der Waals surface area contributed by atoms with Gasteiger partial charge < -0.3 is 9.64 Å². The molecule has 0 saturated heterocycles. The second-order valence-electron chi connectivity index (χ2n) is 5.32. The number of para-hydroxylation sites is 1. The maximum absolute atomic E-state index is 11.2. The molecule has 3 nitrogen and oxygen atoms in total. The van der Waals surface area contributed by atoms with Gasteiger partial charge in [0.05, 0.1) is 7.11 Å². The Bertz CT molecular complexity index is 476. The van der Waals surface area contributed by atoms with Gasteiger partial charge in [0.1, 0.15) is 0 Å². The fourth-order valence-electron chi connectivity index (χ4n) is 2.84. The highest BCUT2D eigenvalue weighted by Crippen LogP contribution is 2.28. The third kappa shape index (κ3) is 3.62. The van der Waals surface area contributed by atoms with Crippen LogP contribution in [0.4, 0.5) is 5.69 Å². The molecule has 1 fully saturated rings. The molecule has 0 unspecified atom stereocenters. The second kappa shape index (κ2) is 7.13. The van der Waals surface area contributed by atoms with Crippen molar-refractivity contribution in [3.8, 4) is 0 Å². The van der Waals surface area contributed by atoms with E-state index < -0.39 is 0 Å². The lowest BCUT2D eigenvalue weighted by atomic mass is 9.94. The molecule has 20 heavy (non-hydrogen) atoms. The standard InChI is InChI=1S/C17H23NO2/c1-18(15-9-4-3-5-10-15)16-11-7-6-8-14(16)12-13-17(19)20-2/h6-8,11-13,15H,3-5,9-10H2,1-2H3/b13-12+. The average molecular weight is 273 g/mol. The van der Waals surface area contributed by atoms with Crippen molar-refractivity contribution in [1.82, 2.24) is 0 Å². The zero-order valence-corrected chi connectivity index (χ0v) is 12.3. The van der Waals surface area contributed by atoms with Crippen LogP contribution in [0.15, 0.2) is 30.3 Å². The van der Waals surface area contributed by atoms with Crippen molar-refractivity contribution in [2.24, 2.45) is 0 Å². The summed E-state index contributed by atoms with van der Waals surface area (Å²) in [5.41, 5.74) is 2.24. The van der Waals surface area contributed by atoms with E-state index in [1.165, 1.54) is 51.0 Å². The lowest BCUT2D eigenvalue weighted by Gasteiger charge is -2.33. The molecular formula is C17H23NO2. The molecule has 3 heteroatoms. The van der Waals surface area contributed by atoms with Gasteiger partial charge in [0, 0.05) is 24.9 Å². The number of hydrogen-bond donors (Lipinski definition) is 0. The summed E-state index contributed by atoms with van der Waals surface area (Å²) in [4.78, 5) is 13.6. The van der Waals surface area contributed by atoms with Crippen molar-refractivity contribution in [2.45, 2.75) is 38.1 Å². The number of ether oxygens (including phenoxy) is 1. The van der Waals surface area contributed by atoms with Crippen LogP contribution in [-0.4, -0.2) is 26.2 Å². The van der Waals surface area contributed by atoms with E-state index in [0.717, 1.165) is 5.56 Å². The van der Waals surface area contributed by atoms with E-state index in [1.807, 2.05) is 24.3 Å². The fraction of sp³-hybridized carbons (Fsp3) is 0.471. The van der Waals surface area contributed by atoms with Gasteiger partial charge in [-0.3, -0.25) is 0 Å². The highest BCUT2D eigenvalue weighted by atomic mass is 16.5. The summed E-state index contributed by atoms with van der Waals surface area (Å²) in [5, 5.41) is 0. The largest absolute Gasteiger partial charge is 0.466 e. The molecule has 0 amide bonds. The van der Waals surface area contributed by atoms with E-state index in [0.29, 0.717) is 6.04 Å². The predicted octanol–water partition coefficient (Wildman–Crippen LogP) is 3.64. The summed E-state index contributed by atoms with van der Waals surface area (Å²) >= 11 is 0. The maximum Gasteiger partial charge on any atom is 0.330 e. The first kappa shape index (κ1) is 14.6. The minimum Gasteiger partial charge on any atom is -0.466 e. The first-order valence-electron chi connectivity index (χ1n) is 7.30. The van der Waals surface area contributed by atoms with Crippen LogP contribution in [0.1, 0.15) is 37.7 Å². The number of esters is 1. The Morgan fingerprint density at radius 3 is 2.65 bits per heavy atom. The summed E-state index contributed by atoms with van der Waals surface area (Å²) < 4.78 is 4.65. The Labute approximate surface area is 121 Å². The molecule has 0 heterocycles. The zero-order chi connectivity index (χ0) is 14.4. The Morgan fingerprint density at radius 1 is 1.25 bits per heavy atom. The first-order chi connectivity index (χ1) is 9.72. The fourth-order valence-corrected chi connectivity index (χ4v) is 2.84. The number of rotatable bonds is 4. The second-order valence-corrected chi connectivity index (χ2v) is 5.32. The van der Waals surface area contributed by atoms with Crippen LogP contribution >= 0.6 is 0 Å². The molecule has 0 bridgehead atoms. The number of carbonyl (C=O) groups excluding carboxylic acids is 1. The van der Waals surface area contributed by atoms with Gasteiger partial charge in [0.2, 0.25) is 0 Å². The SMILES string of the molecule is COC(=O)/C=C/c1ccccc1N(C)C1CCCCC1. The molecule has 1 aromatic rings. The zero-order valence-electron chi connectivity index (χ0n) is 12.3. The van der Waals surface area contributed by atoms with Gasteiger partial charge in [-0.1, -0.05) is 37.5 Å². The highest BCUT2D eigenvalue weighted by Gasteiger charge is 2.19. The molecule has 0 aromatic heterocycles. The van der Waals surface area contributed by atoms with Crippen LogP contribution in [0, 0.1) is 0 Å². The molecule has 0 spiro atoms. The Morgan fingerprint density at radius 2 is 1.95 bits per heavy atom. The van der Waals surface area contributed by atoms with E-state index in [9.17, 15) is 4.79 Å². The van der Waals surface area contributed by atoms with Gasteiger partial charge in [-0.05, 0) is 30.5 Å². The number of nitrogens with zero attached hydrogens (tertiary/aromatic N) is 1. The normalized spacial score (nSPS) is 16.3. The average Bonchev–Trinajstić information content (AvgIpc) is 2.53. The highest BCUT2D eigenvalue weighted by molar-refractivity contribution is 5.88. The number of carbonyl (C=O) groups is 1. The summed E-state index contributed by atoms with van der Waals surface area (Å²) in [7, 11) is 3.55. The van der Waals surface area contributed by atoms with Crippen LogP contribution < -0.4 is 4.90 Å². The molecule has 0 aliphatic heterocycles. The number of benzene rings is 1. The molecule has 1 aromatic carbocycles. The van der Waals surface area contributed by atoms with Crippen molar-refractivity contribution in [1.29, 1.82) is 0 Å². The summed E-state index contributed by atoms with van der Waals surface area (Å²) in [6.07, 6.45) is 9.81. The monoisotopic (exact) mass is 273 g/mol. The molecule has 1 aliphatic carbocycles. The molecule has 1 aliphatic rings. The van der Waals surface area contributed by atoms with Crippen molar-refractivity contribution < 1.29 is 9.53 Å². The van der Waals surface area contributed by atoms with Crippen LogP contribution in [-0.2, 0) is 9.53 Å². The molecule has 1 saturated carbocycles. The minimum absolute atomic E-state index is 0.319. The van der Waals surface area contributed by atoms with Crippen molar-refractivity contribution in [3.05, 3.63) is 35.9 Å². The Balaban J connectivity index is 2.18. The van der Waals surface area contributed by atoms with Gasteiger partial charge in [-0.2, -0.15) is 0 Å². The molecule has 2 rings (SSSR count). The van der Waals surface area contributed by atoms with Crippen molar-refractivity contribution in [2.75, 3.05) is 19.1 Å². The summed E-state index contributed by atoms with van der Waals surface area (Å²) in [6.45, 7) is 0. The first-order valence-corrected chi connectivity index (χ1v) is 7.30. The van der Waals surface area contributed by atoms with Crippen molar-refractivity contribution in [3.63, 3.8) is 0 Å². The maximum atomic E-state index is 11.2. The van der Waals surface area contributed by atoms with E-state index in [2.05, 4.69) is 22.8 Å². The van der Waals surface area contributed by atoms with E-state index in [1.54, 1.807) is 0 Å². The molecule has 0 radical (unpaired) electrons. The van der Waals surface area contributed by atoms with Crippen LogP contribution in [0.25, 0.3) is 6.08 Å². The predicted molar refractivity (Wildman–Crippen MR) is 82.8 cm³/mol. The summed E-state index contributed by atoms with van der Waals surface area (Å²) in [6, 6.07) is 8.80. The number of hydrogen-bond acceptors (Lipinski definition) is 3. The number of anilines is 1. The molecular weight excluding hydrogens is 250 g/mol. The molecule has 108 valence electrons. The Kier molecular flexibility index (Phi) is 5.22. The van der Waals surface area contributed by atoms with Crippen LogP contribution in [0.5, 0.6) is 0 Å². The number of methoxy groups -OCH3 is 1. The van der Waals surface area contributed by atoms with Gasteiger partial charge in [0.25, 0.3) is 0 Å². The third-order valence-corrected chi connectivity index (χ3v) is 4.04. The van der Waals surface area contributed by atoms with Gasteiger partial charge in [0.15, 0.2) is 0 Å². The van der Waals surface area contributed by atoms with Crippen LogP contribution in [0.3, 0.4) is 0 Å². The summed E-state index contributed by atoms with van der Waals surface area (Å²) in [5.74, 6) is -0.319. The van der Waals surface area contributed by atoms with Crippen LogP contribution in [0.2, 0.25) is 0 Å². The van der Waals surface area contributed by atoms with Crippen molar-refractivity contribution >= 4 is 17.7 Å². The van der Waals surface area contributed by atoms with Gasteiger partial charge in [-0.25, -0.2) is 4.79 Å². The lowest BCUT2D eigenvalue weighted by Crippen LogP contribution is -2.33. The Hall–Kier alpha value is -1.77. The van der Waals surface area contributed by atoms with Gasteiger partial charge >= 0.3 is 5.97 Å².